The summed E-state index contributed by atoms with van der Waals surface area (Å²) in [6.45, 7) is 11.1. The van der Waals surface area contributed by atoms with E-state index in [1.165, 1.54) is 12.8 Å². The van der Waals surface area contributed by atoms with Gasteiger partial charge < -0.3 is 25.1 Å². The fraction of sp³-hybridized carbons (Fsp3) is 0.900. The number of carbonyl (C=O) groups is 2. The maximum Gasteiger partial charge on any atom is 0.317 e. The molecule has 28 heavy (non-hydrogen) atoms. The van der Waals surface area contributed by atoms with E-state index in [2.05, 4.69) is 29.1 Å². The number of nitrogens with one attached hydrogen (secondary N) is 1. The first-order valence-electron chi connectivity index (χ1n) is 10.7. The number of carboxylic acid groups (broad SMARTS) is 1. The van der Waals surface area contributed by atoms with E-state index in [0.29, 0.717) is 6.42 Å². The van der Waals surface area contributed by atoms with Crippen molar-refractivity contribution >= 4 is 11.9 Å². The average molecular weight is 400 g/mol. The van der Waals surface area contributed by atoms with Crippen LogP contribution in [0.2, 0.25) is 0 Å². The number of likely N-dealkylation sites (N-methyl/N-ethyl adjacent to an activating group) is 2. The van der Waals surface area contributed by atoms with Gasteiger partial charge in [0.1, 0.15) is 0 Å². The summed E-state index contributed by atoms with van der Waals surface area (Å²) in [5.41, 5.74) is 0. The maximum absolute atomic E-state index is 12.3. The molecule has 2 N–H and O–H groups in total. The maximum atomic E-state index is 12.3. The predicted octanol–water partition coefficient (Wildman–Crippen LogP) is 0.249. The molecule has 1 aliphatic heterocycles. The predicted molar refractivity (Wildman–Crippen MR) is 113 cm³/mol. The van der Waals surface area contributed by atoms with Crippen LogP contribution >= 0.6 is 0 Å². The molecular weight excluding hydrogens is 358 g/mol. The molecule has 164 valence electrons. The molecule has 1 fully saturated rings. The van der Waals surface area contributed by atoms with Gasteiger partial charge in [0.2, 0.25) is 5.91 Å². The average Bonchev–Trinajstić information content (AvgIpc) is 2.67. The molecule has 0 aromatic rings. The Balaban J connectivity index is 2.39. The molecule has 0 radical (unpaired) electrons. The molecule has 1 amide bonds. The molecule has 0 aromatic carbocycles. The highest BCUT2D eigenvalue weighted by atomic mass is 16.4. The van der Waals surface area contributed by atoms with Crippen molar-refractivity contribution < 1.29 is 14.7 Å². The van der Waals surface area contributed by atoms with Gasteiger partial charge in [-0.3, -0.25) is 14.5 Å². The number of aliphatic carboxylic acids is 1. The van der Waals surface area contributed by atoms with Crippen LogP contribution in [0.3, 0.4) is 0 Å². The summed E-state index contributed by atoms with van der Waals surface area (Å²) in [4.78, 5) is 31.7. The molecule has 8 heteroatoms. The van der Waals surface area contributed by atoms with Crippen LogP contribution < -0.4 is 5.32 Å². The van der Waals surface area contributed by atoms with E-state index in [9.17, 15) is 9.59 Å². The minimum atomic E-state index is -0.796. The molecule has 1 saturated heterocycles. The highest BCUT2D eigenvalue weighted by Gasteiger charge is 2.16. The number of piperazine rings is 1. The van der Waals surface area contributed by atoms with Gasteiger partial charge in [-0.2, -0.15) is 0 Å². The summed E-state index contributed by atoms with van der Waals surface area (Å²) in [6, 6.07) is 0. The Morgan fingerprint density at radius 2 is 1.57 bits per heavy atom. The summed E-state index contributed by atoms with van der Waals surface area (Å²) in [5.74, 6) is -0.542. The summed E-state index contributed by atoms with van der Waals surface area (Å²) in [6.07, 6.45) is 3.84. The second kappa shape index (κ2) is 14.7. The molecule has 0 aromatic heterocycles. The zero-order valence-electron chi connectivity index (χ0n) is 18.2. The van der Waals surface area contributed by atoms with Gasteiger partial charge in [-0.25, -0.2) is 0 Å². The smallest absolute Gasteiger partial charge is 0.317 e. The van der Waals surface area contributed by atoms with Crippen molar-refractivity contribution in [3.8, 4) is 0 Å². The highest BCUT2D eigenvalue weighted by Crippen LogP contribution is 2.03. The van der Waals surface area contributed by atoms with E-state index in [-0.39, 0.29) is 12.5 Å². The monoisotopic (exact) mass is 399 g/mol. The zero-order chi connectivity index (χ0) is 20.8. The van der Waals surface area contributed by atoms with E-state index in [0.717, 1.165) is 71.9 Å². The van der Waals surface area contributed by atoms with Crippen LogP contribution in [0.4, 0.5) is 0 Å². The fourth-order valence-electron chi connectivity index (χ4n) is 3.34. The molecule has 0 saturated carbocycles. The van der Waals surface area contributed by atoms with E-state index in [1.807, 2.05) is 16.8 Å². The standard InChI is InChI=1S/C20H41N5O3/c1-4-5-10-22(2)14-16-24(17-15-23(3)18-20(27)28)11-6-7-19(26)25-12-8-21-9-13-25/h21H,4-18H2,1-3H3,(H,27,28). The largest absolute Gasteiger partial charge is 0.480 e. The summed E-state index contributed by atoms with van der Waals surface area (Å²) < 4.78 is 0. The van der Waals surface area contributed by atoms with Crippen LogP contribution in [0.15, 0.2) is 0 Å². The van der Waals surface area contributed by atoms with Crippen molar-refractivity contribution in [2.24, 2.45) is 0 Å². The fourth-order valence-corrected chi connectivity index (χ4v) is 3.34. The molecular formula is C20H41N5O3. The van der Waals surface area contributed by atoms with Crippen molar-refractivity contribution in [2.45, 2.75) is 32.6 Å². The summed E-state index contributed by atoms with van der Waals surface area (Å²) in [7, 11) is 3.99. The minimum Gasteiger partial charge on any atom is -0.480 e. The van der Waals surface area contributed by atoms with Crippen LogP contribution in [0.5, 0.6) is 0 Å². The van der Waals surface area contributed by atoms with Gasteiger partial charge in [0.05, 0.1) is 6.54 Å². The van der Waals surface area contributed by atoms with E-state index in [1.54, 1.807) is 0 Å². The molecule has 8 nitrogen and oxygen atoms in total. The third-order valence-electron chi connectivity index (χ3n) is 5.23. The normalized spacial score (nSPS) is 15.0. The van der Waals surface area contributed by atoms with Gasteiger partial charge in [-0.15, -0.1) is 0 Å². The van der Waals surface area contributed by atoms with Crippen molar-refractivity contribution in [3.05, 3.63) is 0 Å². The molecule has 0 bridgehead atoms. The zero-order valence-corrected chi connectivity index (χ0v) is 18.2. The number of nitrogens with zero attached hydrogens (tertiary/aromatic N) is 4. The van der Waals surface area contributed by atoms with Crippen LogP contribution in [0, 0.1) is 0 Å². The number of rotatable bonds is 15. The Labute approximate surface area is 170 Å². The van der Waals surface area contributed by atoms with Crippen LogP contribution in [-0.4, -0.2) is 123 Å². The van der Waals surface area contributed by atoms with Gasteiger partial charge in [0.25, 0.3) is 0 Å². The first-order chi connectivity index (χ1) is 13.4. The first kappa shape index (κ1) is 24.8. The lowest BCUT2D eigenvalue weighted by atomic mass is 10.2. The minimum absolute atomic E-state index is 0.0612. The number of carboxylic acids is 1. The van der Waals surface area contributed by atoms with Crippen LogP contribution in [0.25, 0.3) is 0 Å². The lowest BCUT2D eigenvalue weighted by Crippen LogP contribution is -2.46. The Morgan fingerprint density at radius 3 is 2.18 bits per heavy atom. The van der Waals surface area contributed by atoms with Crippen molar-refractivity contribution in [1.82, 2.24) is 24.9 Å². The van der Waals surface area contributed by atoms with Gasteiger partial charge in [-0.1, -0.05) is 13.3 Å². The van der Waals surface area contributed by atoms with Gasteiger partial charge >= 0.3 is 5.97 Å². The number of unbranched alkanes of at least 4 members (excludes halogenated alkanes) is 1. The number of amides is 1. The molecule has 0 unspecified atom stereocenters. The lowest BCUT2D eigenvalue weighted by molar-refractivity contribution is -0.138. The molecule has 0 aliphatic carbocycles. The van der Waals surface area contributed by atoms with Crippen molar-refractivity contribution in [3.63, 3.8) is 0 Å². The second-order valence-corrected chi connectivity index (χ2v) is 7.86. The van der Waals surface area contributed by atoms with Gasteiger partial charge in [0.15, 0.2) is 0 Å². The molecule has 1 rings (SSSR count). The van der Waals surface area contributed by atoms with Crippen LogP contribution in [-0.2, 0) is 9.59 Å². The third kappa shape index (κ3) is 11.6. The quantitative estimate of drug-likeness (QED) is 0.409. The SMILES string of the molecule is CCCCN(C)CCN(CCCC(=O)N1CCNCC1)CCN(C)CC(=O)O. The topological polar surface area (TPSA) is 79.4 Å². The van der Waals surface area contributed by atoms with Gasteiger partial charge in [-0.05, 0) is 40.0 Å². The Bertz CT molecular complexity index is 444. The molecule has 1 heterocycles. The number of hydrogen-bond acceptors (Lipinski definition) is 6. The van der Waals surface area contributed by atoms with Crippen molar-refractivity contribution in [1.29, 1.82) is 0 Å². The van der Waals surface area contributed by atoms with Gasteiger partial charge in [0, 0.05) is 58.8 Å². The Kier molecular flexibility index (Phi) is 13.1. The summed E-state index contributed by atoms with van der Waals surface area (Å²) >= 11 is 0. The Hall–Kier alpha value is -1.22. The molecule has 0 atom stereocenters. The van der Waals surface area contributed by atoms with Crippen LogP contribution in [0.1, 0.15) is 32.6 Å². The van der Waals surface area contributed by atoms with E-state index in [4.69, 9.17) is 5.11 Å². The summed E-state index contributed by atoms with van der Waals surface area (Å²) in [5, 5.41) is 12.2. The molecule has 0 spiro atoms. The Morgan fingerprint density at radius 1 is 0.929 bits per heavy atom. The third-order valence-corrected chi connectivity index (χ3v) is 5.23. The number of hydrogen-bond donors (Lipinski definition) is 2. The lowest BCUT2D eigenvalue weighted by Gasteiger charge is -2.29. The molecule has 1 aliphatic rings. The first-order valence-corrected chi connectivity index (χ1v) is 10.7. The second-order valence-electron chi connectivity index (χ2n) is 7.86. The van der Waals surface area contributed by atoms with E-state index < -0.39 is 5.97 Å². The highest BCUT2D eigenvalue weighted by molar-refractivity contribution is 5.76. The van der Waals surface area contributed by atoms with Crippen molar-refractivity contribution in [2.75, 3.05) is 86.1 Å². The van der Waals surface area contributed by atoms with E-state index >= 15 is 0 Å². The number of carbonyl (C=O) groups excluding carboxylic acids is 1.